The van der Waals surface area contributed by atoms with Gasteiger partial charge < -0.3 is 10.1 Å². The van der Waals surface area contributed by atoms with Gasteiger partial charge in [-0.25, -0.2) is 4.98 Å². The molecule has 1 amide bonds. The van der Waals surface area contributed by atoms with Crippen LogP contribution in [0.3, 0.4) is 0 Å². The molecule has 0 radical (unpaired) electrons. The fourth-order valence-electron chi connectivity index (χ4n) is 3.27. The van der Waals surface area contributed by atoms with E-state index in [9.17, 15) is 4.79 Å². The molecule has 0 atom stereocenters. The standard InChI is InChI=1S/C23H15BrN4O2/c24-16-6-4-14(5-7-16)23(29)27-20-3-1-2-15-12-17(8-9-18(15)20)30-21-10-11-25-22-19(21)13-26-28-22/h1-13H,(H,27,29)(H,25,26,28). The van der Waals surface area contributed by atoms with Gasteiger partial charge in [-0.3, -0.25) is 9.89 Å². The predicted molar refractivity (Wildman–Crippen MR) is 120 cm³/mol. The molecule has 0 saturated heterocycles. The molecule has 0 aliphatic heterocycles. The van der Waals surface area contributed by atoms with Crippen molar-refractivity contribution < 1.29 is 9.53 Å². The second-order valence-corrected chi connectivity index (χ2v) is 7.61. The van der Waals surface area contributed by atoms with E-state index in [0.29, 0.717) is 22.7 Å². The summed E-state index contributed by atoms with van der Waals surface area (Å²) in [5.74, 6) is 1.20. The summed E-state index contributed by atoms with van der Waals surface area (Å²) in [6, 6.07) is 20.6. The third kappa shape index (κ3) is 3.51. The van der Waals surface area contributed by atoms with E-state index in [4.69, 9.17) is 4.74 Å². The lowest BCUT2D eigenvalue weighted by Gasteiger charge is -2.11. The Hall–Kier alpha value is -3.71. The number of carbonyl (C=O) groups is 1. The lowest BCUT2D eigenvalue weighted by molar-refractivity contribution is 0.102. The minimum atomic E-state index is -0.158. The number of pyridine rings is 1. The third-order valence-corrected chi connectivity index (χ3v) is 5.28. The number of nitrogens with zero attached hydrogens (tertiary/aromatic N) is 2. The van der Waals surface area contributed by atoms with E-state index in [0.717, 1.165) is 26.3 Å². The molecule has 0 bridgehead atoms. The van der Waals surface area contributed by atoms with Crippen LogP contribution >= 0.6 is 15.9 Å². The van der Waals surface area contributed by atoms with Crippen LogP contribution in [0.4, 0.5) is 5.69 Å². The Bertz CT molecular complexity index is 1380. The first-order chi connectivity index (χ1) is 14.7. The molecule has 5 rings (SSSR count). The lowest BCUT2D eigenvalue weighted by Crippen LogP contribution is -2.11. The highest BCUT2D eigenvalue weighted by atomic mass is 79.9. The summed E-state index contributed by atoms with van der Waals surface area (Å²) < 4.78 is 7.00. The van der Waals surface area contributed by atoms with E-state index in [2.05, 4.69) is 36.4 Å². The van der Waals surface area contributed by atoms with E-state index in [1.165, 1.54) is 0 Å². The number of halogens is 1. The normalized spacial score (nSPS) is 11.0. The third-order valence-electron chi connectivity index (χ3n) is 4.75. The molecule has 3 aromatic carbocycles. The van der Waals surface area contributed by atoms with Gasteiger partial charge in [0.25, 0.3) is 5.91 Å². The molecule has 2 N–H and O–H groups in total. The van der Waals surface area contributed by atoms with Crippen LogP contribution in [0.15, 0.2) is 83.6 Å². The van der Waals surface area contributed by atoms with Crippen LogP contribution in [0.1, 0.15) is 10.4 Å². The molecule has 0 aliphatic rings. The van der Waals surface area contributed by atoms with E-state index in [1.807, 2.05) is 48.5 Å². The first kappa shape index (κ1) is 18.3. The number of aromatic amines is 1. The number of benzene rings is 3. The number of amides is 1. The largest absolute Gasteiger partial charge is 0.456 e. The molecule has 0 fully saturated rings. The number of H-pyrrole nitrogens is 1. The maximum atomic E-state index is 12.6. The average Bonchev–Trinajstić information content (AvgIpc) is 3.24. The van der Waals surface area contributed by atoms with Crippen LogP contribution in [0.25, 0.3) is 21.8 Å². The van der Waals surface area contributed by atoms with Gasteiger partial charge in [-0.1, -0.05) is 28.1 Å². The van der Waals surface area contributed by atoms with Crippen molar-refractivity contribution in [2.45, 2.75) is 0 Å². The van der Waals surface area contributed by atoms with Gasteiger partial charge in [-0.15, -0.1) is 0 Å². The van der Waals surface area contributed by atoms with Gasteiger partial charge in [-0.2, -0.15) is 5.10 Å². The van der Waals surface area contributed by atoms with E-state index < -0.39 is 0 Å². The highest BCUT2D eigenvalue weighted by Gasteiger charge is 2.10. The molecule has 0 aliphatic carbocycles. The predicted octanol–water partition coefficient (Wildman–Crippen LogP) is 5.92. The summed E-state index contributed by atoms with van der Waals surface area (Å²) >= 11 is 3.38. The Morgan fingerprint density at radius 3 is 2.73 bits per heavy atom. The number of anilines is 1. The molecule has 7 heteroatoms. The molecule has 2 heterocycles. The molecule has 0 saturated carbocycles. The molecule has 0 unspecified atom stereocenters. The number of ether oxygens (including phenoxy) is 1. The molecule has 2 aromatic heterocycles. The van der Waals surface area contributed by atoms with Crippen LogP contribution in [0.5, 0.6) is 11.5 Å². The fraction of sp³-hybridized carbons (Fsp3) is 0. The second kappa shape index (κ2) is 7.61. The highest BCUT2D eigenvalue weighted by Crippen LogP contribution is 2.32. The van der Waals surface area contributed by atoms with Gasteiger partial charge >= 0.3 is 0 Å². The monoisotopic (exact) mass is 458 g/mol. The van der Waals surface area contributed by atoms with Crippen molar-refractivity contribution in [3.8, 4) is 11.5 Å². The Labute approximate surface area is 180 Å². The van der Waals surface area contributed by atoms with Crippen LogP contribution in [-0.2, 0) is 0 Å². The Balaban J connectivity index is 1.44. The minimum Gasteiger partial charge on any atom is -0.456 e. The zero-order chi connectivity index (χ0) is 20.5. The van der Waals surface area contributed by atoms with Crippen molar-refractivity contribution >= 4 is 49.3 Å². The van der Waals surface area contributed by atoms with Crippen LogP contribution < -0.4 is 10.1 Å². The zero-order valence-corrected chi connectivity index (χ0v) is 17.2. The summed E-state index contributed by atoms with van der Waals surface area (Å²) in [4.78, 5) is 16.8. The number of rotatable bonds is 4. The Morgan fingerprint density at radius 1 is 1.00 bits per heavy atom. The minimum absolute atomic E-state index is 0.158. The number of aromatic nitrogens is 3. The zero-order valence-electron chi connectivity index (χ0n) is 15.6. The van der Waals surface area contributed by atoms with Gasteiger partial charge in [0.15, 0.2) is 5.65 Å². The lowest BCUT2D eigenvalue weighted by atomic mass is 10.1. The summed E-state index contributed by atoms with van der Waals surface area (Å²) in [6.45, 7) is 0. The summed E-state index contributed by atoms with van der Waals surface area (Å²) in [6.07, 6.45) is 3.36. The molecule has 146 valence electrons. The Morgan fingerprint density at radius 2 is 1.87 bits per heavy atom. The summed E-state index contributed by atoms with van der Waals surface area (Å²) in [7, 11) is 0. The van der Waals surface area contributed by atoms with Crippen molar-refractivity contribution in [1.29, 1.82) is 0 Å². The van der Waals surface area contributed by atoms with Crippen molar-refractivity contribution in [3.63, 3.8) is 0 Å². The maximum absolute atomic E-state index is 12.6. The number of hydrogen-bond donors (Lipinski definition) is 2. The summed E-state index contributed by atoms with van der Waals surface area (Å²) in [5.41, 5.74) is 2.01. The van der Waals surface area contributed by atoms with Crippen LogP contribution in [0.2, 0.25) is 0 Å². The second-order valence-electron chi connectivity index (χ2n) is 6.69. The highest BCUT2D eigenvalue weighted by molar-refractivity contribution is 9.10. The maximum Gasteiger partial charge on any atom is 0.255 e. The van der Waals surface area contributed by atoms with Gasteiger partial charge in [0.1, 0.15) is 11.5 Å². The molecule has 5 aromatic rings. The van der Waals surface area contributed by atoms with Crippen LogP contribution in [-0.4, -0.2) is 21.1 Å². The van der Waals surface area contributed by atoms with Crippen molar-refractivity contribution in [3.05, 3.63) is 89.2 Å². The van der Waals surface area contributed by atoms with Crippen LogP contribution in [0, 0.1) is 0 Å². The first-order valence-corrected chi connectivity index (χ1v) is 10.0. The van der Waals surface area contributed by atoms with E-state index >= 15 is 0 Å². The van der Waals surface area contributed by atoms with E-state index in [-0.39, 0.29) is 5.91 Å². The average molecular weight is 459 g/mol. The van der Waals surface area contributed by atoms with Gasteiger partial charge in [-0.05, 0) is 60.0 Å². The molecule has 6 nitrogen and oxygen atoms in total. The van der Waals surface area contributed by atoms with Crippen molar-refractivity contribution in [2.75, 3.05) is 5.32 Å². The fourth-order valence-corrected chi connectivity index (χ4v) is 3.54. The Kier molecular flexibility index (Phi) is 4.65. The number of nitrogens with one attached hydrogen (secondary N) is 2. The molecule has 0 spiro atoms. The van der Waals surface area contributed by atoms with Gasteiger partial charge in [0, 0.05) is 27.3 Å². The van der Waals surface area contributed by atoms with Crippen molar-refractivity contribution in [1.82, 2.24) is 15.2 Å². The first-order valence-electron chi connectivity index (χ1n) is 9.23. The van der Waals surface area contributed by atoms with Gasteiger partial charge in [0.2, 0.25) is 0 Å². The smallest absolute Gasteiger partial charge is 0.255 e. The van der Waals surface area contributed by atoms with E-state index in [1.54, 1.807) is 30.6 Å². The molecule has 30 heavy (non-hydrogen) atoms. The quantitative estimate of drug-likeness (QED) is 0.350. The number of hydrogen-bond acceptors (Lipinski definition) is 4. The van der Waals surface area contributed by atoms with Gasteiger partial charge in [0.05, 0.1) is 11.6 Å². The number of carbonyl (C=O) groups excluding carboxylic acids is 1. The molecular weight excluding hydrogens is 444 g/mol. The van der Waals surface area contributed by atoms with Crippen molar-refractivity contribution in [2.24, 2.45) is 0 Å². The molecular formula is C23H15BrN4O2. The summed E-state index contributed by atoms with van der Waals surface area (Å²) in [5, 5.41) is 12.5. The SMILES string of the molecule is O=C(Nc1cccc2cc(Oc3ccnc4[nH]ncc34)ccc12)c1ccc(Br)cc1. The number of fused-ring (bicyclic) bond motifs is 2. The topological polar surface area (TPSA) is 79.9 Å².